The van der Waals surface area contributed by atoms with Crippen molar-refractivity contribution in [3.05, 3.63) is 76.7 Å². The van der Waals surface area contributed by atoms with E-state index < -0.39 is 0 Å². The summed E-state index contributed by atoms with van der Waals surface area (Å²) in [5, 5.41) is 1.75. The molecule has 0 aliphatic carbocycles. The van der Waals surface area contributed by atoms with Crippen LogP contribution in [0.25, 0.3) is 16.5 Å². The highest BCUT2D eigenvalue weighted by Crippen LogP contribution is 2.28. The lowest BCUT2D eigenvalue weighted by Crippen LogP contribution is -2.29. The minimum Gasteiger partial charge on any atom is -0.306 e. The molecule has 4 rings (SSSR count). The quantitative estimate of drug-likeness (QED) is 0.718. The standard InChI is InChI=1S/C21H22N2O/c1-22-13-10-17(11-14-22)16-6-8-19(9-7-16)23-15-12-18-4-2-3-5-20(18)21(23)24/h2-9,12,15,17H,10-11,13-14H2,1H3. The van der Waals surface area contributed by atoms with Gasteiger partial charge in [-0.3, -0.25) is 9.36 Å². The van der Waals surface area contributed by atoms with Crippen LogP contribution in [0.5, 0.6) is 0 Å². The maximum atomic E-state index is 12.7. The molecule has 1 fully saturated rings. The topological polar surface area (TPSA) is 25.2 Å². The van der Waals surface area contributed by atoms with Crippen molar-refractivity contribution in [3.63, 3.8) is 0 Å². The number of hydrogen-bond donors (Lipinski definition) is 0. The van der Waals surface area contributed by atoms with Crippen molar-refractivity contribution >= 4 is 10.8 Å². The van der Waals surface area contributed by atoms with Gasteiger partial charge in [0.25, 0.3) is 5.56 Å². The van der Waals surface area contributed by atoms with Crippen LogP contribution < -0.4 is 5.56 Å². The van der Waals surface area contributed by atoms with Crippen molar-refractivity contribution in [1.82, 2.24) is 9.47 Å². The lowest BCUT2D eigenvalue weighted by Gasteiger charge is -2.29. The van der Waals surface area contributed by atoms with E-state index in [4.69, 9.17) is 0 Å². The van der Waals surface area contributed by atoms with E-state index in [0.29, 0.717) is 5.92 Å². The summed E-state index contributed by atoms with van der Waals surface area (Å²) < 4.78 is 1.74. The van der Waals surface area contributed by atoms with E-state index in [9.17, 15) is 4.79 Å². The van der Waals surface area contributed by atoms with Gasteiger partial charge in [-0.05, 0) is 74.1 Å². The Hall–Kier alpha value is -2.39. The van der Waals surface area contributed by atoms with Crippen molar-refractivity contribution in [2.45, 2.75) is 18.8 Å². The zero-order valence-electron chi connectivity index (χ0n) is 14.0. The first-order valence-electron chi connectivity index (χ1n) is 8.62. The summed E-state index contributed by atoms with van der Waals surface area (Å²) in [6.07, 6.45) is 4.30. The number of rotatable bonds is 2. The van der Waals surface area contributed by atoms with Crippen molar-refractivity contribution in [1.29, 1.82) is 0 Å². The summed E-state index contributed by atoms with van der Waals surface area (Å²) in [6.45, 7) is 2.33. The number of fused-ring (bicyclic) bond motifs is 1. The SMILES string of the molecule is CN1CCC(c2ccc(-n3ccc4ccccc4c3=O)cc2)CC1. The molecule has 1 aliphatic rings. The number of pyridine rings is 1. The molecule has 0 radical (unpaired) electrons. The third-order valence-corrected chi connectivity index (χ3v) is 5.17. The van der Waals surface area contributed by atoms with Crippen LogP contribution in [0, 0.1) is 0 Å². The Labute approximate surface area is 142 Å². The molecule has 2 heterocycles. The van der Waals surface area contributed by atoms with Crippen molar-refractivity contribution in [2.75, 3.05) is 20.1 Å². The van der Waals surface area contributed by atoms with E-state index in [1.807, 2.05) is 36.5 Å². The van der Waals surface area contributed by atoms with Gasteiger partial charge in [0.05, 0.1) is 0 Å². The summed E-state index contributed by atoms with van der Waals surface area (Å²) in [5.74, 6) is 0.642. The fraction of sp³-hybridized carbons (Fsp3) is 0.286. The van der Waals surface area contributed by atoms with Gasteiger partial charge in [0.1, 0.15) is 0 Å². The fourth-order valence-corrected chi connectivity index (χ4v) is 3.64. The Bertz CT molecular complexity index is 903. The highest BCUT2D eigenvalue weighted by molar-refractivity contribution is 5.81. The highest BCUT2D eigenvalue weighted by atomic mass is 16.1. The Kier molecular flexibility index (Phi) is 3.95. The zero-order chi connectivity index (χ0) is 16.5. The largest absolute Gasteiger partial charge is 0.306 e. The second-order valence-electron chi connectivity index (χ2n) is 6.75. The third-order valence-electron chi connectivity index (χ3n) is 5.17. The monoisotopic (exact) mass is 318 g/mol. The van der Waals surface area contributed by atoms with E-state index >= 15 is 0 Å². The van der Waals surface area contributed by atoms with Gasteiger partial charge in [0.15, 0.2) is 0 Å². The Balaban J connectivity index is 1.66. The molecule has 122 valence electrons. The molecule has 0 amide bonds. The number of likely N-dealkylation sites (tertiary alicyclic amines) is 1. The molecule has 0 N–H and O–H groups in total. The molecule has 0 saturated carbocycles. The van der Waals surface area contributed by atoms with Gasteiger partial charge in [-0.1, -0.05) is 30.3 Å². The number of nitrogens with zero attached hydrogens (tertiary/aromatic N) is 2. The van der Waals surface area contributed by atoms with Gasteiger partial charge in [-0.25, -0.2) is 0 Å². The van der Waals surface area contributed by atoms with E-state index in [-0.39, 0.29) is 5.56 Å². The van der Waals surface area contributed by atoms with Crippen LogP contribution >= 0.6 is 0 Å². The normalized spacial score (nSPS) is 16.5. The molecule has 3 aromatic rings. The zero-order valence-corrected chi connectivity index (χ0v) is 14.0. The molecule has 1 aliphatic heterocycles. The summed E-state index contributed by atoms with van der Waals surface area (Å²) in [6, 6.07) is 18.3. The van der Waals surface area contributed by atoms with E-state index in [1.54, 1.807) is 4.57 Å². The number of benzene rings is 2. The van der Waals surface area contributed by atoms with Crippen LogP contribution in [0.15, 0.2) is 65.6 Å². The predicted octanol–water partition coefficient (Wildman–Crippen LogP) is 3.80. The summed E-state index contributed by atoms with van der Waals surface area (Å²) >= 11 is 0. The molecule has 3 nitrogen and oxygen atoms in total. The summed E-state index contributed by atoms with van der Waals surface area (Å²) in [5.41, 5.74) is 2.36. The van der Waals surface area contributed by atoms with Crippen molar-refractivity contribution < 1.29 is 0 Å². The molecule has 0 unspecified atom stereocenters. The molecule has 0 atom stereocenters. The van der Waals surface area contributed by atoms with E-state index in [2.05, 4.69) is 36.2 Å². The smallest absolute Gasteiger partial charge is 0.262 e. The van der Waals surface area contributed by atoms with Crippen LogP contribution in [0.3, 0.4) is 0 Å². The van der Waals surface area contributed by atoms with Crippen LogP contribution in [-0.4, -0.2) is 29.6 Å². The van der Waals surface area contributed by atoms with Crippen LogP contribution in [0.2, 0.25) is 0 Å². The second kappa shape index (κ2) is 6.25. The number of aromatic nitrogens is 1. The first-order valence-corrected chi connectivity index (χ1v) is 8.62. The number of piperidine rings is 1. The first-order chi connectivity index (χ1) is 11.7. The van der Waals surface area contributed by atoms with Crippen LogP contribution in [0.1, 0.15) is 24.3 Å². The second-order valence-corrected chi connectivity index (χ2v) is 6.75. The maximum Gasteiger partial charge on any atom is 0.262 e. The van der Waals surface area contributed by atoms with Gasteiger partial charge >= 0.3 is 0 Å². The van der Waals surface area contributed by atoms with Crippen LogP contribution in [-0.2, 0) is 0 Å². The van der Waals surface area contributed by atoms with Gasteiger partial charge in [-0.2, -0.15) is 0 Å². The van der Waals surface area contributed by atoms with Crippen LogP contribution in [0.4, 0.5) is 0 Å². The Morgan fingerprint density at radius 1 is 0.917 bits per heavy atom. The molecular weight excluding hydrogens is 296 g/mol. The predicted molar refractivity (Wildman–Crippen MR) is 99.0 cm³/mol. The van der Waals surface area contributed by atoms with Gasteiger partial charge in [0, 0.05) is 17.3 Å². The minimum absolute atomic E-state index is 0.0418. The van der Waals surface area contributed by atoms with E-state index in [0.717, 1.165) is 29.5 Å². The Morgan fingerprint density at radius 2 is 1.62 bits per heavy atom. The molecule has 1 aromatic heterocycles. The van der Waals surface area contributed by atoms with Crippen molar-refractivity contribution in [3.8, 4) is 5.69 Å². The average Bonchev–Trinajstić information content (AvgIpc) is 2.63. The van der Waals surface area contributed by atoms with Crippen molar-refractivity contribution in [2.24, 2.45) is 0 Å². The van der Waals surface area contributed by atoms with Gasteiger partial charge < -0.3 is 4.90 Å². The third kappa shape index (κ3) is 2.76. The summed E-state index contributed by atoms with van der Waals surface area (Å²) in [4.78, 5) is 15.1. The first kappa shape index (κ1) is 15.2. The molecular formula is C21H22N2O. The molecule has 24 heavy (non-hydrogen) atoms. The lowest BCUT2D eigenvalue weighted by atomic mass is 9.89. The molecule has 3 heteroatoms. The lowest BCUT2D eigenvalue weighted by molar-refractivity contribution is 0.255. The average molecular weight is 318 g/mol. The summed E-state index contributed by atoms with van der Waals surface area (Å²) in [7, 11) is 2.19. The van der Waals surface area contributed by atoms with E-state index in [1.165, 1.54) is 18.4 Å². The number of hydrogen-bond acceptors (Lipinski definition) is 2. The fourth-order valence-electron chi connectivity index (χ4n) is 3.64. The minimum atomic E-state index is 0.0418. The van der Waals surface area contributed by atoms with Gasteiger partial charge in [0.2, 0.25) is 0 Å². The molecule has 0 spiro atoms. The maximum absolute atomic E-state index is 12.7. The van der Waals surface area contributed by atoms with Gasteiger partial charge in [-0.15, -0.1) is 0 Å². The highest BCUT2D eigenvalue weighted by Gasteiger charge is 2.18. The Morgan fingerprint density at radius 3 is 2.38 bits per heavy atom. The molecule has 1 saturated heterocycles. The molecule has 2 aromatic carbocycles. The molecule has 0 bridgehead atoms.